The molecule has 0 spiro atoms. The first-order valence-electron chi connectivity index (χ1n) is 11.6. The third kappa shape index (κ3) is 6.46. The number of aliphatic imine (C=N–C) groups is 1. The van der Waals surface area contributed by atoms with Crippen molar-refractivity contribution in [3.63, 3.8) is 0 Å². The zero-order valence-corrected chi connectivity index (χ0v) is 21.3. The van der Waals surface area contributed by atoms with Gasteiger partial charge in [-0.2, -0.15) is 0 Å². The summed E-state index contributed by atoms with van der Waals surface area (Å²) in [5.41, 5.74) is 2.07. The quantitative estimate of drug-likeness (QED) is 0.162. The van der Waals surface area contributed by atoms with Crippen molar-refractivity contribution in [1.82, 2.24) is 0 Å². The molecule has 3 rings (SSSR count). The number of rotatable bonds is 11. The zero-order valence-electron chi connectivity index (χ0n) is 20.5. The van der Waals surface area contributed by atoms with Gasteiger partial charge in [-0.1, -0.05) is 66.7 Å². The average molecular weight is 508 g/mol. The van der Waals surface area contributed by atoms with Gasteiger partial charge in [0.05, 0.1) is 32.0 Å². The maximum atomic E-state index is 13.3. The monoisotopic (exact) mass is 507 g/mol. The predicted molar refractivity (Wildman–Crippen MR) is 138 cm³/mol. The molecule has 1 aromatic heterocycles. The normalized spacial score (nSPS) is 12.3. The van der Waals surface area contributed by atoms with E-state index in [1.165, 1.54) is 18.4 Å². The lowest BCUT2D eigenvalue weighted by molar-refractivity contribution is -0.163. The van der Waals surface area contributed by atoms with Gasteiger partial charge in [-0.25, -0.2) is 4.79 Å². The number of ether oxygens (including phenoxy) is 3. The van der Waals surface area contributed by atoms with Crippen molar-refractivity contribution in [2.24, 2.45) is 10.9 Å². The van der Waals surface area contributed by atoms with Crippen LogP contribution in [0.3, 0.4) is 0 Å². The van der Waals surface area contributed by atoms with Gasteiger partial charge in [0.1, 0.15) is 0 Å². The van der Waals surface area contributed by atoms with Gasteiger partial charge in [0.25, 0.3) is 0 Å². The first-order chi connectivity index (χ1) is 17.5. The molecular weight excluding hydrogens is 478 g/mol. The highest BCUT2D eigenvalue weighted by Crippen LogP contribution is 2.36. The molecule has 0 aliphatic heterocycles. The topological polar surface area (TPSA) is 91.3 Å². The lowest BCUT2D eigenvalue weighted by Gasteiger charge is -2.28. The van der Waals surface area contributed by atoms with Crippen LogP contribution in [0.15, 0.2) is 83.2 Å². The summed E-state index contributed by atoms with van der Waals surface area (Å²) in [5, 5.41) is 1.81. The molecule has 0 aliphatic carbocycles. The summed E-state index contributed by atoms with van der Waals surface area (Å²) in [6, 6.07) is 21.1. The van der Waals surface area contributed by atoms with Gasteiger partial charge in [0.15, 0.2) is 12.0 Å². The highest BCUT2D eigenvalue weighted by Gasteiger charge is 2.46. The van der Waals surface area contributed by atoms with Crippen molar-refractivity contribution in [2.75, 3.05) is 20.3 Å². The Morgan fingerprint density at radius 3 is 1.72 bits per heavy atom. The first kappa shape index (κ1) is 26.8. The van der Waals surface area contributed by atoms with E-state index in [-0.39, 0.29) is 13.2 Å². The molecule has 2 aromatic carbocycles. The van der Waals surface area contributed by atoms with E-state index in [4.69, 9.17) is 19.2 Å². The SMILES string of the molecule is CCOC(=O)C(C(=O)OCC)[C@@H](c1cccs1)[C@H](N=C(c1ccccc1)c1ccccc1)C(=O)OC. The van der Waals surface area contributed by atoms with E-state index in [9.17, 15) is 14.4 Å². The number of benzene rings is 2. The highest BCUT2D eigenvalue weighted by atomic mass is 32.1. The van der Waals surface area contributed by atoms with Gasteiger partial charge in [-0.05, 0) is 25.3 Å². The molecule has 0 unspecified atom stereocenters. The second kappa shape index (κ2) is 13.3. The van der Waals surface area contributed by atoms with Crippen molar-refractivity contribution >= 4 is 35.0 Å². The fourth-order valence-electron chi connectivity index (χ4n) is 3.88. The number of nitrogens with zero attached hydrogens (tertiary/aromatic N) is 1. The first-order valence-corrected chi connectivity index (χ1v) is 12.5. The Balaban J connectivity index is 2.26. The Bertz CT molecular complexity index is 1100. The van der Waals surface area contributed by atoms with Gasteiger partial charge in [0.2, 0.25) is 0 Å². The van der Waals surface area contributed by atoms with Crippen LogP contribution in [-0.4, -0.2) is 50.0 Å². The molecule has 0 amide bonds. The van der Waals surface area contributed by atoms with E-state index in [1.54, 1.807) is 26.0 Å². The van der Waals surface area contributed by atoms with Crippen LogP contribution in [0.5, 0.6) is 0 Å². The summed E-state index contributed by atoms with van der Waals surface area (Å²) in [6.07, 6.45) is 0. The molecule has 3 aromatic rings. The van der Waals surface area contributed by atoms with Crippen LogP contribution < -0.4 is 0 Å². The van der Waals surface area contributed by atoms with Crippen molar-refractivity contribution < 1.29 is 28.6 Å². The van der Waals surface area contributed by atoms with E-state index in [0.717, 1.165) is 11.1 Å². The molecule has 0 saturated carbocycles. The Morgan fingerprint density at radius 2 is 1.31 bits per heavy atom. The Labute approximate surface area is 214 Å². The maximum Gasteiger partial charge on any atom is 0.331 e. The van der Waals surface area contributed by atoms with Crippen LogP contribution in [0.2, 0.25) is 0 Å². The third-order valence-electron chi connectivity index (χ3n) is 5.46. The molecule has 2 atom stereocenters. The van der Waals surface area contributed by atoms with Crippen molar-refractivity contribution in [3.8, 4) is 0 Å². The summed E-state index contributed by atoms with van der Waals surface area (Å²) in [5.74, 6) is -4.66. The summed E-state index contributed by atoms with van der Waals surface area (Å²) in [7, 11) is 1.25. The summed E-state index contributed by atoms with van der Waals surface area (Å²) in [6.45, 7) is 3.44. The number of carbonyl (C=O) groups is 3. The van der Waals surface area contributed by atoms with Crippen molar-refractivity contribution in [1.29, 1.82) is 0 Å². The van der Waals surface area contributed by atoms with Gasteiger partial charge >= 0.3 is 17.9 Å². The molecule has 0 saturated heterocycles. The molecule has 36 heavy (non-hydrogen) atoms. The summed E-state index contributed by atoms with van der Waals surface area (Å²) >= 11 is 1.31. The third-order valence-corrected chi connectivity index (χ3v) is 6.43. The maximum absolute atomic E-state index is 13.3. The van der Waals surface area contributed by atoms with Gasteiger partial charge < -0.3 is 14.2 Å². The van der Waals surface area contributed by atoms with Crippen LogP contribution in [0, 0.1) is 5.92 Å². The number of hydrogen-bond donors (Lipinski definition) is 0. The molecule has 0 bridgehead atoms. The van der Waals surface area contributed by atoms with Gasteiger partial charge in [0, 0.05) is 16.0 Å². The average Bonchev–Trinajstić information content (AvgIpc) is 3.44. The minimum absolute atomic E-state index is 0.0668. The highest BCUT2D eigenvalue weighted by molar-refractivity contribution is 7.10. The van der Waals surface area contributed by atoms with E-state index < -0.39 is 35.8 Å². The standard InChI is InChI=1S/C28H29NO6S/c1-4-34-26(30)23(27(31)35-5-2)22(21-17-12-18-36-21)25(28(32)33-3)29-24(19-13-8-6-9-14-19)20-15-10-7-11-16-20/h6-18,22-23,25H,4-5H2,1-3H3/t22-,25+/m1/s1. The number of methoxy groups -OCH3 is 1. The lowest BCUT2D eigenvalue weighted by atomic mass is 9.84. The fraction of sp³-hybridized carbons (Fsp3) is 0.286. The number of hydrogen-bond acceptors (Lipinski definition) is 8. The van der Waals surface area contributed by atoms with Crippen LogP contribution in [0.1, 0.15) is 35.8 Å². The summed E-state index contributed by atoms with van der Waals surface area (Å²) in [4.78, 5) is 45.0. The zero-order chi connectivity index (χ0) is 25.9. The van der Waals surface area contributed by atoms with E-state index in [0.29, 0.717) is 10.6 Å². The fourth-order valence-corrected chi connectivity index (χ4v) is 4.78. The molecule has 0 radical (unpaired) electrons. The van der Waals surface area contributed by atoms with E-state index in [2.05, 4.69) is 0 Å². The Hall–Kier alpha value is -3.78. The summed E-state index contributed by atoms with van der Waals surface area (Å²) < 4.78 is 15.7. The van der Waals surface area contributed by atoms with Crippen LogP contribution >= 0.6 is 11.3 Å². The second-order valence-electron chi connectivity index (χ2n) is 7.70. The second-order valence-corrected chi connectivity index (χ2v) is 8.68. The molecule has 7 nitrogen and oxygen atoms in total. The largest absolute Gasteiger partial charge is 0.467 e. The number of esters is 3. The van der Waals surface area contributed by atoms with Gasteiger partial charge in [-0.3, -0.25) is 14.6 Å². The van der Waals surface area contributed by atoms with Gasteiger partial charge in [-0.15, -0.1) is 11.3 Å². The Kier molecular flexibility index (Phi) is 9.94. The molecule has 0 N–H and O–H groups in total. The minimum atomic E-state index is -1.41. The minimum Gasteiger partial charge on any atom is -0.467 e. The van der Waals surface area contributed by atoms with E-state index in [1.807, 2.05) is 66.0 Å². The number of carbonyl (C=O) groups excluding carboxylic acids is 3. The molecular formula is C28H29NO6S. The molecule has 8 heteroatoms. The predicted octanol–water partition coefficient (Wildman–Crippen LogP) is 4.65. The number of thiophene rings is 1. The lowest BCUT2D eigenvalue weighted by Crippen LogP contribution is -2.41. The molecule has 0 aliphatic rings. The van der Waals surface area contributed by atoms with E-state index >= 15 is 0 Å². The van der Waals surface area contributed by atoms with Crippen LogP contribution in [0.4, 0.5) is 0 Å². The van der Waals surface area contributed by atoms with Crippen molar-refractivity contribution in [3.05, 3.63) is 94.2 Å². The Morgan fingerprint density at radius 1 is 0.778 bits per heavy atom. The molecule has 0 fully saturated rings. The van der Waals surface area contributed by atoms with Crippen LogP contribution in [-0.2, 0) is 28.6 Å². The van der Waals surface area contributed by atoms with Crippen molar-refractivity contribution in [2.45, 2.75) is 25.8 Å². The molecule has 1 heterocycles. The van der Waals surface area contributed by atoms with Crippen LogP contribution in [0.25, 0.3) is 0 Å². The molecule has 188 valence electrons. The smallest absolute Gasteiger partial charge is 0.331 e.